The van der Waals surface area contributed by atoms with E-state index in [-0.39, 0.29) is 11.3 Å². The van der Waals surface area contributed by atoms with E-state index < -0.39 is 11.7 Å². The summed E-state index contributed by atoms with van der Waals surface area (Å²) >= 11 is 0. The monoisotopic (exact) mass is 248 g/mol. The van der Waals surface area contributed by atoms with E-state index in [1.165, 1.54) is 18.3 Å². The Bertz CT molecular complexity index is 579. The van der Waals surface area contributed by atoms with E-state index in [2.05, 4.69) is 10.4 Å². The zero-order valence-corrected chi connectivity index (χ0v) is 9.85. The van der Waals surface area contributed by atoms with Crippen molar-refractivity contribution in [3.05, 3.63) is 42.0 Å². The van der Waals surface area contributed by atoms with Gasteiger partial charge in [0, 0.05) is 18.4 Å². The Morgan fingerprint density at radius 3 is 2.94 bits per heavy atom. The molecule has 2 aromatic rings. The van der Waals surface area contributed by atoms with Crippen LogP contribution in [0.15, 0.2) is 30.6 Å². The van der Waals surface area contributed by atoms with Crippen LogP contribution in [0.3, 0.4) is 0 Å². The van der Waals surface area contributed by atoms with E-state index in [0.29, 0.717) is 12.2 Å². The minimum Gasteiger partial charge on any atom is -0.399 e. The van der Waals surface area contributed by atoms with Gasteiger partial charge >= 0.3 is 0 Å². The summed E-state index contributed by atoms with van der Waals surface area (Å²) in [7, 11) is 0. The molecule has 1 aromatic carbocycles. The molecule has 18 heavy (non-hydrogen) atoms. The number of nitrogens with two attached hydrogens (primary N) is 1. The lowest BCUT2D eigenvalue weighted by Crippen LogP contribution is -2.13. The van der Waals surface area contributed by atoms with Crippen molar-refractivity contribution in [2.75, 3.05) is 11.1 Å². The number of benzene rings is 1. The van der Waals surface area contributed by atoms with Gasteiger partial charge in [0.05, 0.1) is 17.4 Å². The van der Waals surface area contributed by atoms with Crippen LogP contribution in [0.1, 0.15) is 17.3 Å². The SMILES string of the molecule is CCn1cc(NC(=O)c2ccc(N)cc2F)cn1. The van der Waals surface area contributed by atoms with Crippen molar-refractivity contribution in [3.63, 3.8) is 0 Å². The first-order valence-corrected chi connectivity index (χ1v) is 5.49. The molecule has 0 bridgehead atoms. The van der Waals surface area contributed by atoms with Gasteiger partial charge in [-0.25, -0.2) is 4.39 Å². The van der Waals surface area contributed by atoms with Crippen LogP contribution in [0, 0.1) is 5.82 Å². The molecule has 5 nitrogen and oxygen atoms in total. The Labute approximate surface area is 103 Å². The maximum Gasteiger partial charge on any atom is 0.258 e. The topological polar surface area (TPSA) is 72.9 Å². The highest BCUT2D eigenvalue weighted by Crippen LogP contribution is 2.14. The van der Waals surface area contributed by atoms with Gasteiger partial charge in [-0.1, -0.05) is 0 Å². The molecular weight excluding hydrogens is 235 g/mol. The predicted octanol–water partition coefficient (Wildman–Crippen LogP) is 1.88. The number of rotatable bonds is 3. The molecule has 0 aliphatic heterocycles. The largest absolute Gasteiger partial charge is 0.399 e. The molecule has 94 valence electrons. The van der Waals surface area contributed by atoms with Gasteiger partial charge in [0.15, 0.2) is 0 Å². The number of aryl methyl sites for hydroxylation is 1. The van der Waals surface area contributed by atoms with Crippen LogP contribution >= 0.6 is 0 Å². The quantitative estimate of drug-likeness (QED) is 0.814. The fourth-order valence-electron chi connectivity index (χ4n) is 1.51. The number of aromatic nitrogens is 2. The van der Waals surface area contributed by atoms with Crippen LogP contribution in [-0.4, -0.2) is 15.7 Å². The molecule has 0 unspecified atom stereocenters. The Morgan fingerprint density at radius 2 is 2.33 bits per heavy atom. The molecule has 0 saturated heterocycles. The first-order valence-electron chi connectivity index (χ1n) is 5.49. The van der Waals surface area contributed by atoms with Gasteiger partial charge in [-0.2, -0.15) is 5.10 Å². The molecule has 0 spiro atoms. The van der Waals surface area contributed by atoms with Crippen LogP contribution < -0.4 is 11.1 Å². The molecule has 3 N–H and O–H groups in total. The molecule has 0 atom stereocenters. The van der Waals surface area contributed by atoms with Crippen LogP contribution in [0.5, 0.6) is 0 Å². The molecule has 0 saturated carbocycles. The second kappa shape index (κ2) is 4.87. The van der Waals surface area contributed by atoms with E-state index in [9.17, 15) is 9.18 Å². The lowest BCUT2D eigenvalue weighted by molar-refractivity contribution is 0.102. The summed E-state index contributed by atoms with van der Waals surface area (Å²) in [4.78, 5) is 11.8. The van der Waals surface area contributed by atoms with Crippen molar-refractivity contribution in [2.24, 2.45) is 0 Å². The summed E-state index contributed by atoms with van der Waals surface area (Å²) < 4.78 is 15.2. The summed E-state index contributed by atoms with van der Waals surface area (Å²) in [6.45, 7) is 2.63. The van der Waals surface area contributed by atoms with Crippen molar-refractivity contribution >= 4 is 17.3 Å². The number of nitrogens with zero attached hydrogens (tertiary/aromatic N) is 2. The predicted molar refractivity (Wildman–Crippen MR) is 66.7 cm³/mol. The van der Waals surface area contributed by atoms with Crippen LogP contribution in [0.2, 0.25) is 0 Å². The van der Waals surface area contributed by atoms with Crippen molar-refractivity contribution in [2.45, 2.75) is 13.5 Å². The fraction of sp³-hybridized carbons (Fsp3) is 0.167. The second-order valence-electron chi connectivity index (χ2n) is 3.78. The molecule has 0 radical (unpaired) electrons. The van der Waals surface area contributed by atoms with Crippen LogP contribution in [0.25, 0.3) is 0 Å². The summed E-state index contributed by atoms with van der Waals surface area (Å²) in [5.41, 5.74) is 6.18. The van der Waals surface area contributed by atoms with Gasteiger partial charge in [0.25, 0.3) is 5.91 Å². The zero-order chi connectivity index (χ0) is 13.1. The Morgan fingerprint density at radius 1 is 1.56 bits per heavy atom. The number of hydrogen-bond acceptors (Lipinski definition) is 3. The van der Waals surface area contributed by atoms with E-state index in [1.54, 1.807) is 10.9 Å². The number of carbonyl (C=O) groups is 1. The van der Waals surface area contributed by atoms with E-state index in [0.717, 1.165) is 6.07 Å². The summed E-state index contributed by atoms with van der Waals surface area (Å²) in [5.74, 6) is -1.17. The lowest BCUT2D eigenvalue weighted by atomic mass is 10.2. The third-order valence-corrected chi connectivity index (χ3v) is 2.45. The fourth-order valence-corrected chi connectivity index (χ4v) is 1.51. The molecule has 1 aromatic heterocycles. The number of halogens is 1. The summed E-state index contributed by atoms with van der Waals surface area (Å²) in [5, 5.41) is 6.58. The van der Waals surface area contributed by atoms with E-state index >= 15 is 0 Å². The van der Waals surface area contributed by atoms with Crippen molar-refractivity contribution in [1.82, 2.24) is 9.78 Å². The number of carbonyl (C=O) groups excluding carboxylic acids is 1. The van der Waals surface area contributed by atoms with Crippen molar-refractivity contribution < 1.29 is 9.18 Å². The van der Waals surface area contributed by atoms with Gasteiger partial charge in [-0.15, -0.1) is 0 Å². The van der Waals surface area contributed by atoms with Crippen molar-refractivity contribution in [1.29, 1.82) is 0 Å². The minimum absolute atomic E-state index is 0.0477. The molecule has 2 rings (SSSR count). The van der Waals surface area contributed by atoms with Crippen LogP contribution in [-0.2, 0) is 6.54 Å². The minimum atomic E-state index is -0.643. The number of anilines is 2. The molecule has 0 fully saturated rings. The summed E-state index contributed by atoms with van der Waals surface area (Å²) in [6.07, 6.45) is 3.18. The third kappa shape index (κ3) is 2.48. The van der Waals surface area contributed by atoms with Gasteiger partial charge in [0.2, 0.25) is 0 Å². The Balaban J connectivity index is 2.16. The van der Waals surface area contributed by atoms with Crippen molar-refractivity contribution in [3.8, 4) is 0 Å². The summed E-state index contributed by atoms with van der Waals surface area (Å²) in [6, 6.07) is 3.95. The second-order valence-corrected chi connectivity index (χ2v) is 3.78. The average molecular weight is 248 g/mol. The zero-order valence-electron chi connectivity index (χ0n) is 9.85. The molecule has 0 aliphatic carbocycles. The Kier molecular flexibility index (Phi) is 3.27. The molecule has 1 amide bonds. The average Bonchev–Trinajstić information content (AvgIpc) is 2.76. The highest BCUT2D eigenvalue weighted by Gasteiger charge is 2.12. The smallest absolute Gasteiger partial charge is 0.258 e. The maximum atomic E-state index is 13.5. The van der Waals surface area contributed by atoms with Gasteiger partial charge in [-0.05, 0) is 25.1 Å². The normalized spacial score (nSPS) is 10.3. The van der Waals surface area contributed by atoms with E-state index in [1.807, 2.05) is 6.92 Å². The number of amides is 1. The molecule has 0 aliphatic rings. The highest BCUT2D eigenvalue weighted by atomic mass is 19.1. The van der Waals surface area contributed by atoms with Gasteiger partial charge in [0.1, 0.15) is 5.82 Å². The molecule has 1 heterocycles. The first kappa shape index (κ1) is 12.1. The van der Waals surface area contributed by atoms with Crippen LogP contribution in [0.4, 0.5) is 15.8 Å². The Hall–Kier alpha value is -2.37. The van der Waals surface area contributed by atoms with E-state index in [4.69, 9.17) is 5.73 Å². The molecule has 6 heteroatoms. The number of nitrogens with one attached hydrogen (secondary N) is 1. The maximum absolute atomic E-state index is 13.5. The lowest BCUT2D eigenvalue weighted by Gasteiger charge is -2.04. The number of nitrogen functional groups attached to an aromatic ring is 1. The van der Waals surface area contributed by atoms with Gasteiger partial charge < -0.3 is 11.1 Å². The third-order valence-electron chi connectivity index (χ3n) is 2.45. The highest BCUT2D eigenvalue weighted by molar-refractivity contribution is 6.04. The number of hydrogen-bond donors (Lipinski definition) is 2. The molecular formula is C12H13FN4O. The standard InChI is InChI=1S/C12H13FN4O/c1-2-17-7-9(6-15-17)16-12(18)10-4-3-8(14)5-11(10)13/h3-7H,2,14H2,1H3,(H,16,18). The first-order chi connectivity index (χ1) is 8.60. The van der Waals surface area contributed by atoms with Gasteiger partial charge in [-0.3, -0.25) is 9.48 Å².